The third-order valence-corrected chi connectivity index (χ3v) is 5.88. The summed E-state index contributed by atoms with van der Waals surface area (Å²) in [5.41, 5.74) is 4.93. The van der Waals surface area contributed by atoms with Crippen LogP contribution in [-0.2, 0) is 11.2 Å². The summed E-state index contributed by atoms with van der Waals surface area (Å²) in [5.74, 6) is -0.114. The van der Waals surface area contributed by atoms with Crippen molar-refractivity contribution in [3.05, 3.63) is 58.8 Å². The highest BCUT2D eigenvalue weighted by Gasteiger charge is 2.13. The molecule has 4 aromatic heterocycles. The number of amides is 1. The SMILES string of the molecule is Cc1ccc2[nH]cc(-c3csc(NC(=O)Cc4cn5ccsc5n4)n3)c2c1. The molecule has 0 aliphatic carbocycles. The van der Waals surface area contributed by atoms with Gasteiger partial charge in [-0.15, -0.1) is 22.7 Å². The van der Waals surface area contributed by atoms with E-state index in [1.807, 2.05) is 33.8 Å². The number of hydrogen-bond donors (Lipinski definition) is 2. The number of nitrogens with one attached hydrogen (secondary N) is 2. The van der Waals surface area contributed by atoms with Crippen molar-refractivity contribution in [1.29, 1.82) is 0 Å². The van der Waals surface area contributed by atoms with Crippen LogP contribution in [0.3, 0.4) is 0 Å². The Balaban J connectivity index is 1.34. The predicted octanol–water partition coefficient (Wildman–Crippen LogP) is 4.49. The molecule has 0 unspecified atom stereocenters. The van der Waals surface area contributed by atoms with E-state index < -0.39 is 0 Å². The van der Waals surface area contributed by atoms with Gasteiger partial charge in [-0.05, 0) is 19.1 Å². The Hall–Kier alpha value is -2.97. The molecule has 0 saturated heterocycles. The van der Waals surface area contributed by atoms with Crippen LogP contribution < -0.4 is 5.32 Å². The summed E-state index contributed by atoms with van der Waals surface area (Å²) in [5, 5.41) is 8.55. The maximum atomic E-state index is 12.3. The number of thiazole rings is 2. The van der Waals surface area contributed by atoms with E-state index in [2.05, 4.69) is 45.4 Å². The average Bonchev–Trinajstić information content (AvgIpc) is 3.37. The van der Waals surface area contributed by atoms with E-state index in [1.165, 1.54) is 16.9 Å². The van der Waals surface area contributed by atoms with Crippen molar-refractivity contribution in [2.75, 3.05) is 5.32 Å². The van der Waals surface area contributed by atoms with Crippen molar-refractivity contribution in [1.82, 2.24) is 19.4 Å². The Labute approximate surface area is 162 Å². The van der Waals surface area contributed by atoms with Crippen molar-refractivity contribution in [2.24, 2.45) is 0 Å². The van der Waals surface area contributed by atoms with E-state index >= 15 is 0 Å². The fourth-order valence-corrected chi connectivity index (χ4v) is 4.54. The Bertz CT molecular complexity index is 1250. The summed E-state index contributed by atoms with van der Waals surface area (Å²) in [6.07, 6.45) is 6.01. The number of rotatable bonds is 4. The molecule has 27 heavy (non-hydrogen) atoms. The zero-order valence-corrected chi connectivity index (χ0v) is 16.0. The Morgan fingerprint density at radius 3 is 3.11 bits per heavy atom. The van der Waals surface area contributed by atoms with Gasteiger partial charge in [-0.25, -0.2) is 9.97 Å². The van der Waals surface area contributed by atoms with E-state index in [0.717, 1.165) is 32.8 Å². The number of aromatic nitrogens is 4. The van der Waals surface area contributed by atoms with Gasteiger partial charge in [-0.2, -0.15) is 0 Å². The molecule has 0 bridgehead atoms. The van der Waals surface area contributed by atoms with Crippen LogP contribution in [0.15, 0.2) is 47.5 Å². The molecule has 4 heterocycles. The van der Waals surface area contributed by atoms with Crippen LogP contribution in [-0.4, -0.2) is 25.3 Å². The van der Waals surface area contributed by atoms with E-state index in [4.69, 9.17) is 0 Å². The quantitative estimate of drug-likeness (QED) is 0.472. The number of benzene rings is 1. The molecule has 0 radical (unpaired) electrons. The number of hydrogen-bond acceptors (Lipinski definition) is 5. The first-order valence-electron chi connectivity index (χ1n) is 8.40. The van der Waals surface area contributed by atoms with Crippen molar-refractivity contribution < 1.29 is 4.79 Å². The summed E-state index contributed by atoms with van der Waals surface area (Å²) >= 11 is 2.98. The Kier molecular flexibility index (Phi) is 3.80. The second-order valence-electron chi connectivity index (χ2n) is 6.34. The summed E-state index contributed by atoms with van der Waals surface area (Å²) in [7, 11) is 0. The smallest absolute Gasteiger partial charge is 0.232 e. The third-order valence-electron chi connectivity index (χ3n) is 4.35. The zero-order chi connectivity index (χ0) is 18.4. The lowest BCUT2D eigenvalue weighted by Crippen LogP contribution is -2.14. The zero-order valence-electron chi connectivity index (χ0n) is 14.4. The molecule has 5 rings (SSSR count). The van der Waals surface area contributed by atoms with Crippen molar-refractivity contribution in [2.45, 2.75) is 13.3 Å². The van der Waals surface area contributed by atoms with Crippen LogP contribution in [0.4, 0.5) is 5.13 Å². The molecule has 0 atom stereocenters. The molecule has 0 fully saturated rings. The van der Waals surface area contributed by atoms with Gasteiger partial charge in [0, 0.05) is 45.8 Å². The number of fused-ring (bicyclic) bond motifs is 2. The summed E-state index contributed by atoms with van der Waals surface area (Å²) in [4.78, 5) is 25.5. The first-order chi connectivity index (χ1) is 13.2. The van der Waals surface area contributed by atoms with Gasteiger partial charge in [0.05, 0.1) is 17.8 Å². The van der Waals surface area contributed by atoms with Crippen LogP contribution in [0.2, 0.25) is 0 Å². The fourth-order valence-electron chi connectivity index (χ4n) is 3.09. The number of imidazole rings is 1. The summed E-state index contributed by atoms with van der Waals surface area (Å²) in [6.45, 7) is 2.07. The van der Waals surface area contributed by atoms with Gasteiger partial charge in [0.2, 0.25) is 5.91 Å². The monoisotopic (exact) mass is 393 g/mol. The number of H-pyrrole nitrogens is 1. The van der Waals surface area contributed by atoms with Crippen LogP contribution >= 0.6 is 22.7 Å². The number of aromatic amines is 1. The summed E-state index contributed by atoms with van der Waals surface area (Å²) in [6, 6.07) is 6.29. The fraction of sp³-hybridized carbons (Fsp3) is 0.105. The number of nitrogens with zero attached hydrogens (tertiary/aromatic N) is 3. The van der Waals surface area contributed by atoms with Crippen molar-refractivity contribution in [3.8, 4) is 11.3 Å². The second-order valence-corrected chi connectivity index (χ2v) is 8.07. The van der Waals surface area contributed by atoms with Crippen LogP contribution in [0, 0.1) is 6.92 Å². The Morgan fingerprint density at radius 2 is 2.22 bits per heavy atom. The molecule has 0 aliphatic rings. The van der Waals surface area contributed by atoms with Gasteiger partial charge in [-0.1, -0.05) is 11.6 Å². The molecule has 134 valence electrons. The minimum Gasteiger partial charge on any atom is -0.360 e. The molecule has 5 aromatic rings. The molecule has 0 aliphatic heterocycles. The topological polar surface area (TPSA) is 75.1 Å². The van der Waals surface area contributed by atoms with Gasteiger partial charge in [0.15, 0.2) is 10.1 Å². The molecule has 8 heteroatoms. The van der Waals surface area contributed by atoms with Gasteiger partial charge in [0.1, 0.15) is 0 Å². The lowest BCUT2D eigenvalue weighted by molar-refractivity contribution is -0.115. The maximum absolute atomic E-state index is 12.3. The van der Waals surface area contributed by atoms with E-state index in [-0.39, 0.29) is 12.3 Å². The first kappa shape index (κ1) is 16.2. The van der Waals surface area contributed by atoms with Crippen molar-refractivity contribution in [3.63, 3.8) is 0 Å². The highest BCUT2D eigenvalue weighted by molar-refractivity contribution is 7.15. The standard InChI is InChI=1S/C19H15N5OS2/c1-11-2-3-15-13(6-11)14(8-20-15)16-10-27-18(22-16)23-17(25)7-12-9-24-4-5-26-19(24)21-12/h2-6,8-10,20H,7H2,1H3,(H,22,23,25). The van der Waals surface area contributed by atoms with Crippen LogP contribution in [0.5, 0.6) is 0 Å². The first-order valence-corrected chi connectivity index (χ1v) is 10.2. The Morgan fingerprint density at radius 1 is 1.30 bits per heavy atom. The highest BCUT2D eigenvalue weighted by atomic mass is 32.1. The summed E-state index contributed by atoms with van der Waals surface area (Å²) < 4.78 is 1.92. The normalized spacial score (nSPS) is 11.4. The molecule has 1 amide bonds. The van der Waals surface area contributed by atoms with Gasteiger partial charge in [-0.3, -0.25) is 9.20 Å². The lowest BCUT2D eigenvalue weighted by Gasteiger charge is -1.99. The van der Waals surface area contributed by atoms with E-state index in [1.54, 1.807) is 11.3 Å². The minimum atomic E-state index is -0.114. The number of anilines is 1. The number of carbonyl (C=O) groups excluding carboxylic acids is 1. The lowest BCUT2D eigenvalue weighted by atomic mass is 10.1. The third kappa shape index (κ3) is 3.02. The highest BCUT2D eigenvalue weighted by Crippen LogP contribution is 2.31. The number of carbonyl (C=O) groups is 1. The molecule has 0 saturated carbocycles. The largest absolute Gasteiger partial charge is 0.360 e. The van der Waals surface area contributed by atoms with E-state index in [0.29, 0.717) is 5.13 Å². The van der Waals surface area contributed by atoms with E-state index in [9.17, 15) is 4.79 Å². The molecule has 6 nitrogen and oxygen atoms in total. The van der Waals surface area contributed by atoms with Gasteiger partial charge < -0.3 is 10.3 Å². The maximum Gasteiger partial charge on any atom is 0.232 e. The van der Waals surface area contributed by atoms with Gasteiger partial charge >= 0.3 is 0 Å². The molecule has 0 spiro atoms. The minimum absolute atomic E-state index is 0.114. The van der Waals surface area contributed by atoms with Crippen LogP contribution in [0.1, 0.15) is 11.3 Å². The molecule has 1 aromatic carbocycles. The van der Waals surface area contributed by atoms with Crippen molar-refractivity contribution >= 4 is 49.6 Å². The molecular formula is C19H15N5OS2. The number of aryl methyl sites for hydroxylation is 1. The molecular weight excluding hydrogens is 378 g/mol. The van der Waals surface area contributed by atoms with Gasteiger partial charge in [0.25, 0.3) is 0 Å². The second kappa shape index (κ2) is 6.33. The van der Waals surface area contributed by atoms with Crippen LogP contribution in [0.25, 0.3) is 27.1 Å². The predicted molar refractivity (Wildman–Crippen MR) is 110 cm³/mol. The average molecular weight is 393 g/mol. The molecule has 2 N–H and O–H groups in total.